The van der Waals surface area contributed by atoms with Gasteiger partial charge < -0.3 is 15.6 Å². The summed E-state index contributed by atoms with van der Waals surface area (Å²) in [5.41, 5.74) is 5.35. The molecule has 76 valence electrons. The van der Waals surface area contributed by atoms with E-state index in [1.54, 1.807) is 0 Å². The minimum Gasteiger partial charge on any atom is -0.467 e. The second-order valence-electron chi connectivity index (χ2n) is 2.71. The van der Waals surface area contributed by atoms with Crippen LogP contribution in [0.4, 0.5) is 10.1 Å². The van der Waals surface area contributed by atoms with E-state index in [0.29, 0.717) is 0 Å². The molecule has 0 bridgehead atoms. The molecule has 0 aliphatic carbocycles. The standard InChI is InChI=1S/C9H10FNO3/c1-14-9(13)8(12)5-2-3-6(10)7(11)4-5/h2-4,8,12H,11H2,1H3. The van der Waals surface area contributed by atoms with Crippen LogP contribution in [0, 0.1) is 5.82 Å². The number of nitrogens with two attached hydrogens (primary N) is 1. The molecule has 0 saturated carbocycles. The predicted octanol–water partition coefficient (Wildman–Crippen LogP) is 0.614. The summed E-state index contributed by atoms with van der Waals surface area (Å²) in [5, 5.41) is 9.35. The Morgan fingerprint density at radius 3 is 2.79 bits per heavy atom. The van der Waals surface area contributed by atoms with Gasteiger partial charge in [0.2, 0.25) is 0 Å². The van der Waals surface area contributed by atoms with E-state index in [9.17, 15) is 14.3 Å². The number of rotatable bonds is 2. The second kappa shape index (κ2) is 4.06. The summed E-state index contributed by atoms with van der Waals surface area (Å²) in [6, 6.07) is 3.54. The molecule has 0 saturated heterocycles. The molecule has 0 spiro atoms. The van der Waals surface area contributed by atoms with Crippen molar-refractivity contribution in [3.63, 3.8) is 0 Å². The summed E-state index contributed by atoms with van der Waals surface area (Å²) >= 11 is 0. The Kier molecular flexibility index (Phi) is 3.03. The largest absolute Gasteiger partial charge is 0.467 e. The van der Waals surface area contributed by atoms with Gasteiger partial charge in [0.25, 0.3) is 0 Å². The van der Waals surface area contributed by atoms with Crippen molar-refractivity contribution in [3.8, 4) is 0 Å². The fourth-order valence-electron chi connectivity index (χ4n) is 0.980. The van der Waals surface area contributed by atoms with Crippen molar-refractivity contribution >= 4 is 11.7 Å². The predicted molar refractivity (Wildman–Crippen MR) is 47.8 cm³/mol. The number of aliphatic hydroxyl groups excluding tert-OH is 1. The zero-order chi connectivity index (χ0) is 10.7. The normalized spacial score (nSPS) is 12.2. The average molecular weight is 199 g/mol. The van der Waals surface area contributed by atoms with Crippen molar-refractivity contribution in [2.75, 3.05) is 12.8 Å². The second-order valence-corrected chi connectivity index (χ2v) is 2.71. The highest BCUT2D eigenvalue weighted by atomic mass is 19.1. The molecule has 1 aromatic rings. The van der Waals surface area contributed by atoms with Gasteiger partial charge in [0, 0.05) is 0 Å². The highest BCUT2D eigenvalue weighted by Crippen LogP contribution is 2.19. The first-order valence-corrected chi connectivity index (χ1v) is 3.87. The van der Waals surface area contributed by atoms with Gasteiger partial charge >= 0.3 is 5.97 Å². The van der Waals surface area contributed by atoms with Gasteiger partial charge in [-0.25, -0.2) is 9.18 Å². The van der Waals surface area contributed by atoms with E-state index in [4.69, 9.17) is 5.73 Å². The Morgan fingerprint density at radius 2 is 2.29 bits per heavy atom. The summed E-state index contributed by atoms with van der Waals surface area (Å²) in [6.45, 7) is 0. The highest BCUT2D eigenvalue weighted by Gasteiger charge is 2.18. The topological polar surface area (TPSA) is 72.5 Å². The first-order valence-electron chi connectivity index (χ1n) is 3.87. The van der Waals surface area contributed by atoms with Crippen LogP contribution in [-0.4, -0.2) is 18.2 Å². The Balaban J connectivity index is 2.96. The van der Waals surface area contributed by atoms with Crippen LogP contribution < -0.4 is 5.73 Å². The maximum absolute atomic E-state index is 12.7. The number of methoxy groups -OCH3 is 1. The molecule has 0 aliphatic heterocycles. The van der Waals surface area contributed by atoms with Gasteiger partial charge in [-0.05, 0) is 17.7 Å². The van der Waals surface area contributed by atoms with Crippen LogP contribution in [0.15, 0.2) is 18.2 Å². The third kappa shape index (κ3) is 2.00. The molecular weight excluding hydrogens is 189 g/mol. The third-order valence-electron chi connectivity index (χ3n) is 1.76. The summed E-state index contributed by atoms with van der Waals surface area (Å²) in [4.78, 5) is 10.9. The Morgan fingerprint density at radius 1 is 1.64 bits per heavy atom. The molecule has 0 aliphatic rings. The van der Waals surface area contributed by atoms with E-state index in [0.717, 1.165) is 13.2 Å². The molecule has 3 N–H and O–H groups in total. The van der Waals surface area contributed by atoms with Crippen LogP contribution >= 0.6 is 0 Å². The minimum atomic E-state index is -1.43. The Labute approximate surface area is 80.1 Å². The lowest BCUT2D eigenvalue weighted by Gasteiger charge is -2.09. The van der Waals surface area contributed by atoms with Crippen molar-refractivity contribution in [1.82, 2.24) is 0 Å². The smallest absolute Gasteiger partial charge is 0.339 e. The number of carbonyl (C=O) groups is 1. The number of esters is 1. The summed E-state index contributed by atoms with van der Waals surface area (Å²) in [5.74, 6) is -1.40. The fourth-order valence-corrected chi connectivity index (χ4v) is 0.980. The molecule has 0 aromatic heterocycles. The number of halogens is 1. The third-order valence-corrected chi connectivity index (χ3v) is 1.76. The number of hydrogen-bond donors (Lipinski definition) is 2. The van der Waals surface area contributed by atoms with E-state index >= 15 is 0 Å². The number of carbonyl (C=O) groups excluding carboxylic acids is 1. The molecule has 1 aromatic carbocycles. The molecule has 5 heteroatoms. The van der Waals surface area contributed by atoms with Crippen molar-refractivity contribution < 1.29 is 19.0 Å². The van der Waals surface area contributed by atoms with Crippen LogP contribution in [0.2, 0.25) is 0 Å². The highest BCUT2D eigenvalue weighted by molar-refractivity contribution is 5.76. The van der Waals surface area contributed by atoms with E-state index in [1.807, 2.05) is 0 Å². The minimum absolute atomic E-state index is 0.120. The van der Waals surface area contributed by atoms with Gasteiger partial charge in [-0.15, -0.1) is 0 Å². The van der Waals surface area contributed by atoms with Crippen LogP contribution in [-0.2, 0) is 9.53 Å². The number of hydrogen-bond acceptors (Lipinski definition) is 4. The van der Waals surface area contributed by atoms with Gasteiger partial charge in [0.1, 0.15) is 5.82 Å². The van der Waals surface area contributed by atoms with Crippen molar-refractivity contribution in [3.05, 3.63) is 29.6 Å². The van der Waals surface area contributed by atoms with E-state index in [2.05, 4.69) is 4.74 Å². The van der Waals surface area contributed by atoms with Gasteiger partial charge in [-0.2, -0.15) is 0 Å². The van der Waals surface area contributed by atoms with Crippen LogP contribution in [0.3, 0.4) is 0 Å². The molecule has 1 unspecified atom stereocenters. The number of anilines is 1. The first kappa shape index (κ1) is 10.5. The molecule has 0 heterocycles. The molecule has 4 nitrogen and oxygen atoms in total. The quantitative estimate of drug-likeness (QED) is 0.540. The van der Waals surface area contributed by atoms with Gasteiger partial charge in [0.05, 0.1) is 12.8 Å². The zero-order valence-electron chi connectivity index (χ0n) is 7.53. The summed E-state index contributed by atoms with van der Waals surface area (Å²) < 4.78 is 17.0. The lowest BCUT2D eigenvalue weighted by molar-refractivity contribution is -0.150. The molecule has 1 atom stereocenters. The lowest BCUT2D eigenvalue weighted by atomic mass is 10.1. The van der Waals surface area contributed by atoms with Gasteiger partial charge in [0.15, 0.2) is 6.10 Å². The Bertz CT molecular complexity index is 354. The van der Waals surface area contributed by atoms with E-state index < -0.39 is 17.9 Å². The number of benzene rings is 1. The summed E-state index contributed by atoms with van der Waals surface area (Å²) in [7, 11) is 1.15. The van der Waals surface area contributed by atoms with Crippen molar-refractivity contribution in [1.29, 1.82) is 0 Å². The summed E-state index contributed by atoms with van der Waals surface area (Å²) in [6.07, 6.45) is -1.43. The molecule has 1 rings (SSSR count). The number of ether oxygens (including phenoxy) is 1. The molecular formula is C9H10FNO3. The van der Waals surface area contributed by atoms with Gasteiger partial charge in [-0.3, -0.25) is 0 Å². The molecule has 0 amide bonds. The average Bonchev–Trinajstić information content (AvgIpc) is 2.20. The van der Waals surface area contributed by atoms with Crippen LogP contribution in [0.5, 0.6) is 0 Å². The lowest BCUT2D eigenvalue weighted by Crippen LogP contribution is -2.13. The fraction of sp³-hybridized carbons (Fsp3) is 0.222. The Hall–Kier alpha value is -1.62. The SMILES string of the molecule is COC(=O)C(O)c1ccc(F)c(N)c1. The van der Waals surface area contributed by atoms with Crippen LogP contribution in [0.25, 0.3) is 0 Å². The number of nitrogen functional groups attached to an aromatic ring is 1. The zero-order valence-corrected chi connectivity index (χ0v) is 7.53. The molecule has 0 fully saturated rings. The molecule has 14 heavy (non-hydrogen) atoms. The first-order chi connectivity index (χ1) is 6.56. The van der Waals surface area contributed by atoms with E-state index in [1.165, 1.54) is 12.1 Å². The van der Waals surface area contributed by atoms with Crippen molar-refractivity contribution in [2.45, 2.75) is 6.10 Å². The van der Waals surface area contributed by atoms with Crippen molar-refractivity contribution in [2.24, 2.45) is 0 Å². The molecule has 0 radical (unpaired) electrons. The van der Waals surface area contributed by atoms with E-state index in [-0.39, 0.29) is 11.3 Å². The number of aliphatic hydroxyl groups is 1. The van der Waals surface area contributed by atoms with Gasteiger partial charge in [-0.1, -0.05) is 6.07 Å². The monoisotopic (exact) mass is 199 g/mol. The maximum atomic E-state index is 12.7. The maximum Gasteiger partial charge on any atom is 0.339 e. The van der Waals surface area contributed by atoms with Crippen LogP contribution in [0.1, 0.15) is 11.7 Å².